The number of piperidine rings is 1. The van der Waals surface area contributed by atoms with Crippen molar-refractivity contribution in [2.75, 3.05) is 26.3 Å². The van der Waals surface area contributed by atoms with Crippen molar-refractivity contribution in [2.24, 2.45) is 5.92 Å². The summed E-state index contributed by atoms with van der Waals surface area (Å²) in [6.07, 6.45) is 7.10. The highest BCUT2D eigenvalue weighted by molar-refractivity contribution is 5.94. The number of carbonyl (C=O) groups is 2. The monoisotopic (exact) mass is 423 g/mol. The number of benzene rings is 1. The molecule has 0 bridgehead atoms. The van der Waals surface area contributed by atoms with E-state index in [0.29, 0.717) is 44.6 Å². The molecule has 0 aliphatic carbocycles. The minimum atomic E-state index is -0.0608. The van der Waals surface area contributed by atoms with Crippen LogP contribution < -0.4 is 10.1 Å². The second-order valence-corrected chi connectivity index (χ2v) is 8.12. The molecule has 0 saturated carbocycles. The van der Waals surface area contributed by atoms with Crippen molar-refractivity contribution in [2.45, 2.75) is 38.3 Å². The summed E-state index contributed by atoms with van der Waals surface area (Å²) in [5, 5.41) is 2.98. The van der Waals surface area contributed by atoms with Crippen LogP contribution in [0.2, 0.25) is 0 Å². The number of nitrogens with zero attached hydrogens (tertiary/aromatic N) is 2. The molecule has 2 saturated heterocycles. The van der Waals surface area contributed by atoms with Crippen LogP contribution in [0.15, 0.2) is 48.8 Å². The molecule has 0 spiro atoms. The molecule has 1 unspecified atom stereocenters. The van der Waals surface area contributed by atoms with E-state index in [-0.39, 0.29) is 23.8 Å². The molecule has 3 heterocycles. The van der Waals surface area contributed by atoms with Gasteiger partial charge in [-0.15, -0.1) is 0 Å². The lowest BCUT2D eigenvalue weighted by Gasteiger charge is -2.31. The SMILES string of the molecule is O=C(NCc1cccnc1)C1CCN(C(=O)c2ccc(OCC3CCCO3)cc2)CC1. The van der Waals surface area contributed by atoms with E-state index in [9.17, 15) is 9.59 Å². The van der Waals surface area contributed by atoms with Crippen LogP contribution in [-0.2, 0) is 16.1 Å². The first kappa shape index (κ1) is 21.3. The lowest BCUT2D eigenvalue weighted by molar-refractivity contribution is -0.126. The molecule has 1 atom stereocenters. The minimum Gasteiger partial charge on any atom is -0.491 e. The summed E-state index contributed by atoms with van der Waals surface area (Å²) >= 11 is 0. The number of hydrogen-bond donors (Lipinski definition) is 1. The second-order valence-electron chi connectivity index (χ2n) is 8.12. The fourth-order valence-electron chi connectivity index (χ4n) is 4.02. The number of likely N-dealkylation sites (tertiary alicyclic amines) is 1. The Morgan fingerprint density at radius 3 is 2.61 bits per heavy atom. The zero-order chi connectivity index (χ0) is 21.5. The number of hydrogen-bond acceptors (Lipinski definition) is 5. The number of aromatic nitrogens is 1. The summed E-state index contributed by atoms with van der Waals surface area (Å²) in [4.78, 5) is 31.2. The molecule has 1 aromatic heterocycles. The first-order chi connectivity index (χ1) is 15.2. The van der Waals surface area contributed by atoms with Gasteiger partial charge in [0.25, 0.3) is 5.91 Å². The largest absolute Gasteiger partial charge is 0.491 e. The highest BCUT2D eigenvalue weighted by Crippen LogP contribution is 2.21. The summed E-state index contributed by atoms with van der Waals surface area (Å²) in [7, 11) is 0. The Morgan fingerprint density at radius 2 is 1.94 bits per heavy atom. The van der Waals surface area contributed by atoms with E-state index < -0.39 is 0 Å². The van der Waals surface area contributed by atoms with E-state index in [4.69, 9.17) is 9.47 Å². The highest BCUT2D eigenvalue weighted by atomic mass is 16.5. The highest BCUT2D eigenvalue weighted by Gasteiger charge is 2.27. The van der Waals surface area contributed by atoms with Crippen LogP contribution in [0, 0.1) is 5.92 Å². The number of pyridine rings is 1. The normalized spacial score (nSPS) is 19.2. The standard InChI is InChI=1S/C24H29N3O4/c28-23(26-16-18-3-1-11-25-15-18)19-9-12-27(13-10-19)24(29)20-5-7-21(8-6-20)31-17-22-4-2-14-30-22/h1,3,5-8,11,15,19,22H,2,4,9-10,12-14,16-17H2,(H,26,28). The van der Waals surface area contributed by atoms with Gasteiger partial charge < -0.3 is 19.7 Å². The molecule has 31 heavy (non-hydrogen) atoms. The third kappa shape index (κ3) is 5.82. The molecule has 1 N–H and O–H groups in total. The van der Waals surface area contributed by atoms with Gasteiger partial charge in [-0.3, -0.25) is 14.6 Å². The Labute approximate surface area is 182 Å². The molecule has 7 heteroatoms. The van der Waals surface area contributed by atoms with Gasteiger partial charge in [-0.25, -0.2) is 0 Å². The van der Waals surface area contributed by atoms with Gasteiger partial charge in [-0.2, -0.15) is 0 Å². The Hall–Kier alpha value is -2.93. The minimum absolute atomic E-state index is 0.0000978. The van der Waals surface area contributed by atoms with E-state index in [1.807, 2.05) is 29.2 Å². The smallest absolute Gasteiger partial charge is 0.253 e. The van der Waals surface area contributed by atoms with Gasteiger partial charge in [-0.1, -0.05) is 6.07 Å². The fourth-order valence-corrected chi connectivity index (χ4v) is 4.02. The number of ether oxygens (including phenoxy) is 2. The maximum atomic E-state index is 12.8. The maximum Gasteiger partial charge on any atom is 0.253 e. The molecule has 7 nitrogen and oxygen atoms in total. The summed E-state index contributed by atoms with van der Waals surface area (Å²) in [5.74, 6) is 0.730. The molecule has 1 aromatic carbocycles. The van der Waals surface area contributed by atoms with Crippen LogP contribution in [0.1, 0.15) is 41.6 Å². The van der Waals surface area contributed by atoms with Crippen LogP contribution in [0.5, 0.6) is 5.75 Å². The van der Waals surface area contributed by atoms with Crippen molar-refractivity contribution in [1.29, 1.82) is 0 Å². The first-order valence-corrected chi connectivity index (χ1v) is 11.0. The number of amides is 2. The van der Waals surface area contributed by atoms with Gasteiger partial charge in [0.15, 0.2) is 0 Å². The van der Waals surface area contributed by atoms with Crippen molar-refractivity contribution in [3.8, 4) is 5.75 Å². The second kappa shape index (κ2) is 10.4. The molecule has 164 valence electrons. The zero-order valence-electron chi connectivity index (χ0n) is 17.7. The van der Waals surface area contributed by atoms with E-state index in [1.165, 1.54) is 0 Å². The summed E-state index contributed by atoms with van der Waals surface area (Å²) in [6.45, 7) is 3.00. The van der Waals surface area contributed by atoms with Crippen LogP contribution in [0.25, 0.3) is 0 Å². The van der Waals surface area contributed by atoms with Crippen LogP contribution in [0.4, 0.5) is 0 Å². The van der Waals surface area contributed by atoms with Crippen LogP contribution in [-0.4, -0.2) is 54.1 Å². The van der Waals surface area contributed by atoms with Gasteiger partial charge in [0.05, 0.1) is 6.10 Å². The van der Waals surface area contributed by atoms with Gasteiger partial charge in [0.1, 0.15) is 12.4 Å². The predicted octanol–water partition coefficient (Wildman–Crippen LogP) is 2.81. The summed E-state index contributed by atoms with van der Waals surface area (Å²) in [6, 6.07) is 11.1. The fraction of sp³-hybridized carbons (Fsp3) is 0.458. The lowest BCUT2D eigenvalue weighted by Crippen LogP contribution is -2.42. The summed E-state index contributed by atoms with van der Waals surface area (Å²) < 4.78 is 11.3. The Morgan fingerprint density at radius 1 is 1.13 bits per heavy atom. The molecule has 2 amide bonds. The number of rotatable bonds is 7. The van der Waals surface area contributed by atoms with Gasteiger partial charge >= 0.3 is 0 Å². The molecule has 2 aliphatic heterocycles. The predicted molar refractivity (Wildman–Crippen MR) is 116 cm³/mol. The Bertz CT molecular complexity index is 858. The van der Waals surface area contributed by atoms with E-state index in [1.54, 1.807) is 24.5 Å². The van der Waals surface area contributed by atoms with Crippen LogP contribution >= 0.6 is 0 Å². The molecular formula is C24H29N3O4. The molecular weight excluding hydrogens is 394 g/mol. The number of nitrogens with one attached hydrogen (secondary N) is 1. The van der Waals surface area contributed by atoms with Crippen molar-refractivity contribution in [3.63, 3.8) is 0 Å². The van der Waals surface area contributed by atoms with E-state index >= 15 is 0 Å². The lowest BCUT2D eigenvalue weighted by atomic mass is 9.95. The van der Waals surface area contributed by atoms with E-state index in [0.717, 1.165) is 30.8 Å². The third-order valence-corrected chi connectivity index (χ3v) is 5.90. The first-order valence-electron chi connectivity index (χ1n) is 11.0. The quantitative estimate of drug-likeness (QED) is 0.741. The van der Waals surface area contributed by atoms with Crippen molar-refractivity contribution >= 4 is 11.8 Å². The average molecular weight is 424 g/mol. The van der Waals surface area contributed by atoms with Crippen molar-refractivity contribution < 1.29 is 19.1 Å². The Balaban J connectivity index is 1.21. The van der Waals surface area contributed by atoms with Gasteiger partial charge in [-0.05, 0) is 61.6 Å². The van der Waals surface area contributed by atoms with Gasteiger partial charge in [0.2, 0.25) is 5.91 Å². The number of carbonyl (C=O) groups excluding carboxylic acids is 2. The van der Waals surface area contributed by atoms with E-state index in [2.05, 4.69) is 10.3 Å². The molecule has 2 aromatic rings. The zero-order valence-corrected chi connectivity index (χ0v) is 17.7. The molecule has 2 fully saturated rings. The molecule has 0 radical (unpaired) electrons. The topological polar surface area (TPSA) is 80.8 Å². The summed E-state index contributed by atoms with van der Waals surface area (Å²) in [5.41, 5.74) is 1.62. The van der Waals surface area contributed by atoms with Crippen molar-refractivity contribution in [1.82, 2.24) is 15.2 Å². The maximum absolute atomic E-state index is 12.8. The van der Waals surface area contributed by atoms with Crippen LogP contribution in [0.3, 0.4) is 0 Å². The Kier molecular flexibility index (Phi) is 7.14. The van der Waals surface area contributed by atoms with Gasteiger partial charge in [0, 0.05) is 50.1 Å². The average Bonchev–Trinajstić information content (AvgIpc) is 3.36. The molecule has 4 rings (SSSR count). The third-order valence-electron chi connectivity index (χ3n) is 5.90. The molecule has 2 aliphatic rings. The van der Waals surface area contributed by atoms with Crippen molar-refractivity contribution in [3.05, 3.63) is 59.9 Å².